The highest BCUT2D eigenvalue weighted by atomic mass is 35.5. The second-order valence-corrected chi connectivity index (χ2v) is 4.88. The first kappa shape index (κ1) is 13.3. The van der Waals surface area contributed by atoms with E-state index in [0.29, 0.717) is 5.92 Å². The lowest BCUT2D eigenvalue weighted by atomic mass is 9.94. The summed E-state index contributed by atoms with van der Waals surface area (Å²) in [6.45, 7) is 8.64. The van der Waals surface area contributed by atoms with Crippen molar-refractivity contribution in [1.29, 1.82) is 0 Å². The van der Waals surface area contributed by atoms with Gasteiger partial charge in [-0.25, -0.2) is 0 Å². The fourth-order valence-corrected chi connectivity index (χ4v) is 2.18. The molecule has 0 heterocycles. The number of allylic oxidation sites excluding steroid dienone is 2. The van der Waals surface area contributed by atoms with Gasteiger partial charge in [-0.15, -0.1) is 0 Å². The van der Waals surface area contributed by atoms with Crippen molar-refractivity contribution in [3.63, 3.8) is 0 Å². The molecule has 0 bridgehead atoms. The zero-order chi connectivity index (χ0) is 12.1. The molecule has 1 rings (SSSR count). The van der Waals surface area contributed by atoms with Gasteiger partial charge < -0.3 is 0 Å². The largest absolute Gasteiger partial charge is 0.0888 e. The molecule has 0 saturated carbocycles. The van der Waals surface area contributed by atoms with Gasteiger partial charge in [-0.2, -0.15) is 0 Å². The Morgan fingerprint density at radius 3 is 2.44 bits per heavy atom. The zero-order valence-electron chi connectivity index (χ0n) is 10.7. The predicted octanol–water partition coefficient (Wildman–Crippen LogP) is 5.42. The number of aryl methyl sites for hydroxylation is 2. The van der Waals surface area contributed by atoms with E-state index in [1.165, 1.54) is 16.7 Å². The van der Waals surface area contributed by atoms with E-state index in [1.54, 1.807) is 0 Å². The third kappa shape index (κ3) is 3.38. The highest BCUT2D eigenvalue weighted by Crippen LogP contribution is 2.29. The van der Waals surface area contributed by atoms with Crippen LogP contribution in [0.25, 0.3) is 0 Å². The van der Waals surface area contributed by atoms with Crippen LogP contribution in [0.3, 0.4) is 0 Å². The summed E-state index contributed by atoms with van der Waals surface area (Å²) >= 11 is 6.29. The van der Waals surface area contributed by atoms with Gasteiger partial charge in [0.25, 0.3) is 0 Å². The van der Waals surface area contributed by atoms with Crippen LogP contribution in [0.15, 0.2) is 24.3 Å². The van der Waals surface area contributed by atoms with Crippen LogP contribution in [0.5, 0.6) is 0 Å². The molecule has 88 valence electrons. The van der Waals surface area contributed by atoms with Gasteiger partial charge >= 0.3 is 0 Å². The molecule has 0 aliphatic carbocycles. The third-order valence-corrected chi connectivity index (χ3v) is 3.36. The van der Waals surface area contributed by atoms with E-state index in [2.05, 4.69) is 52.0 Å². The molecule has 0 N–H and O–H groups in total. The molecule has 0 spiro atoms. The van der Waals surface area contributed by atoms with E-state index in [0.717, 1.165) is 17.9 Å². The van der Waals surface area contributed by atoms with Gasteiger partial charge in [0, 0.05) is 5.02 Å². The number of benzene rings is 1. The molecular weight excluding hydrogens is 216 g/mol. The minimum absolute atomic E-state index is 0.495. The Labute approximate surface area is 104 Å². The van der Waals surface area contributed by atoms with Gasteiger partial charge in [-0.05, 0) is 55.4 Å². The second-order valence-electron chi connectivity index (χ2n) is 4.47. The molecule has 0 nitrogen and oxygen atoms in total. The monoisotopic (exact) mass is 236 g/mol. The minimum atomic E-state index is 0.495. The summed E-state index contributed by atoms with van der Waals surface area (Å²) in [6, 6.07) is 4.30. The molecule has 0 amide bonds. The van der Waals surface area contributed by atoms with Crippen LogP contribution >= 0.6 is 11.6 Å². The summed E-state index contributed by atoms with van der Waals surface area (Å²) in [5, 5.41) is 0.903. The van der Waals surface area contributed by atoms with Crippen LogP contribution in [-0.4, -0.2) is 0 Å². The van der Waals surface area contributed by atoms with E-state index in [1.807, 2.05) is 0 Å². The molecule has 1 heteroatoms. The van der Waals surface area contributed by atoms with Crippen LogP contribution in [0.1, 0.15) is 49.3 Å². The molecule has 0 fully saturated rings. The van der Waals surface area contributed by atoms with Gasteiger partial charge in [0.2, 0.25) is 0 Å². The van der Waals surface area contributed by atoms with Crippen molar-refractivity contribution in [3.8, 4) is 0 Å². The first-order valence-corrected chi connectivity index (χ1v) is 6.35. The standard InChI is InChI=1S/C15H21Cl/c1-5-6-7-8-11(2)14-9-12(3)13(4)10-15(14)16/h6-7,9-11H,5,8H2,1-4H3/b7-6-. The molecule has 1 unspecified atom stereocenters. The molecule has 0 aromatic heterocycles. The van der Waals surface area contributed by atoms with Crippen molar-refractivity contribution < 1.29 is 0 Å². The van der Waals surface area contributed by atoms with Gasteiger partial charge in [0.05, 0.1) is 0 Å². The lowest BCUT2D eigenvalue weighted by molar-refractivity contribution is 0.777. The summed E-state index contributed by atoms with van der Waals surface area (Å²) in [6.07, 6.45) is 6.63. The average Bonchev–Trinajstić information content (AvgIpc) is 2.23. The molecule has 16 heavy (non-hydrogen) atoms. The van der Waals surface area contributed by atoms with Crippen molar-refractivity contribution in [3.05, 3.63) is 46.0 Å². The maximum atomic E-state index is 6.29. The van der Waals surface area contributed by atoms with E-state index in [9.17, 15) is 0 Å². The first-order valence-electron chi connectivity index (χ1n) is 5.97. The van der Waals surface area contributed by atoms with Gasteiger partial charge in [-0.3, -0.25) is 0 Å². The minimum Gasteiger partial charge on any atom is -0.0888 e. The lowest BCUT2D eigenvalue weighted by Gasteiger charge is -2.14. The smallest absolute Gasteiger partial charge is 0.0443 e. The van der Waals surface area contributed by atoms with E-state index >= 15 is 0 Å². The quantitative estimate of drug-likeness (QED) is 0.613. The van der Waals surface area contributed by atoms with E-state index < -0.39 is 0 Å². The van der Waals surface area contributed by atoms with Crippen LogP contribution in [0.2, 0.25) is 5.02 Å². The highest BCUT2D eigenvalue weighted by Gasteiger charge is 2.09. The maximum absolute atomic E-state index is 6.29. The van der Waals surface area contributed by atoms with Crippen molar-refractivity contribution in [2.45, 2.75) is 46.5 Å². The number of hydrogen-bond donors (Lipinski definition) is 0. The summed E-state index contributed by atoms with van der Waals surface area (Å²) in [5.74, 6) is 0.495. The molecule has 0 radical (unpaired) electrons. The Morgan fingerprint density at radius 1 is 1.19 bits per heavy atom. The van der Waals surface area contributed by atoms with Crippen molar-refractivity contribution in [1.82, 2.24) is 0 Å². The fourth-order valence-electron chi connectivity index (χ4n) is 1.77. The Morgan fingerprint density at radius 2 is 1.81 bits per heavy atom. The zero-order valence-corrected chi connectivity index (χ0v) is 11.4. The summed E-state index contributed by atoms with van der Waals surface area (Å²) < 4.78 is 0. The van der Waals surface area contributed by atoms with E-state index in [-0.39, 0.29) is 0 Å². The predicted molar refractivity (Wildman–Crippen MR) is 73.4 cm³/mol. The van der Waals surface area contributed by atoms with Crippen LogP contribution in [0, 0.1) is 13.8 Å². The molecular formula is C15H21Cl. The lowest BCUT2D eigenvalue weighted by Crippen LogP contribution is -1.95. The fraction of sp³-hybridized carbons (Fsp3) is 0.467. The first-order chi connectivity index (χ1) is 7.56. The van der Waals surface area contributed by atoms with Crippen molar-refractivity contribution >= 4 is 11.6 Å². The Hall–Kier alpha value is -0.750. The van der Waals surface area contributed by atoms with Gasteiger partial charge in [0.15, 0.2) is 0 Å². The molecule has 0 aliphatic rings. The summed E-state index contributed by atoms with van der Waals surface area (Å²) in [4.78, 5) is 0. The van der Waals surface area contributed by atoms with Crippen LogP contribution < -0.4 is 0 Å². The molecule has 0 saturated heterocycles. The molecule has 0 aliphatic heterocycles. The molecule has 1 atom stereocenters. The Balaban J connectivity index is 2.86. The van der Waals surface area contributed by atoms with E-state index in [4.69, 9.17) is 11.6 Å². The Bertz CT molecular complexity index is 377. The number of rotatable bonds is 4. The van der Waals surface area contributed by atoms with Gasteiger partial charge in [-0.1, -0.05) is 43.7 Å². The third-order valence-electron chi connectivity index (χ3n) is 3.04. The SMILES string of the molecule is CC/C=C\CC(C)c1cc(C)c(C)cc1Cl. The molecule has 1 aromatic carbocycles. The summed E-state index contributed by atoms with van der Waals surface area (Å²) in [5.41, 5.74) is 3.86. The second kappa shape index (κ2) is 6.10. The van der Waals surface area contributed by atoms with Crippen molar-refractivity contribution in [2.75, 3.05) is 0 Å². The normalized spacial score (nSPS) is 13.3. The van der Waals surface area contributed by atoms with Gasteiger partial charge in [0.1, 0.15) is 0 Å². The Kier molecular flexibility index (Phi) is 5.08. The number of halogens is 1. The van der Waals surface area contributed by atoms with Crippen LogP contribution in [-0.2, 0) is 0 Å². The maximum Gasteiger partial charge on any atom is 0.0443 e. The summed E-state index contributed by atoms with van der Waals surface area (Å²) in [7, 11) is 0. The number of hydrogen-bond acceptors (Lipinski definition) is 0. The topological polar surface area (TPSA) is 0 Å². The average molecular weight is 237 g/mol. The highest BCUT2D eigenvalue weighted by molar-refractivity contribution is 6.31. The van der Waals surface area contributed by atoms with Crippen LogP contribution in [0.4, 0.5) is 0 Å². The molecule has 1 aromatic rings. The van der Waals surface area contributed by atoms with Crippen molar-refractivity contribution in [2.24, 2.45) is 0 Å².